The lowest BCUT2D eigenvalue weighted by Gasteiger charge is -2.26. The fourth-order valence-corrected chi connectivity index (χ4v) is 3.65. The minimum atomic E-state index is -0.883. The summed E-state index contributed by atoms with van der Waals surface area (Å²) in [5.74, 6) is -1.12. The quantitative estimate of drug-likeness (QED) is 0.483. The number of aliphatic hydroxyl groups is 1. The molecule has 0 bridgehead atoms. The van der Waals surface area contributed by atoms with Gasteiger partial charge in [0.25, 0.3) is 0 Å². The smallest absolute Gasteiger partial charge is 0.247 e. The Balaban J connectivity index is 1.93. The second kappa shape index (κ2) is 11.3. The van der Waals surface area contributed by atoms with Gasteiger partial charge in [0.15, 0.2) is 0 Å². The van der Waals surface area contributed by atoms with Crippen LogP contribution in [0.15, 0.2) is 91.0 Å². The van der Waals surface area contributed by atoms with Crippen molar-refractivity contribution in [3.8, 4) is 0 Å². The second-order valence-electron chi connectivity index (χ2n) is 8.15. The van der Waals surface area contributed by atoms with Crippen molar-refractivity contribution in [3.05, 3.63) is 108 Å². The number of benzene rings is 3. The maximum Gasteiger partial charge on any atom is 0.247 e. The van der Waals surface area contributed by atoms with Crippen molar-refractivity contribution < 1.29 is 14.7 Å². The summed E-state index contributed by atoms with van der Waals surface area (Å²) in [6, 6.07) is 26.9. The van der Waals surface area contributed by atoms with Gasteiger partial charge < -0.3 is 15.7 Å². The molecular weight excluding hydrogens is 400 g/mol. The maximum absolute atomic E-state index is 13.6. The van der Waals surface area contributed by atoms with Gasteiger partial charge >= 0.3 is 0 Å². The highest BCUT2D eigenvalue weighted by Crippen LogP contribution is 2.26. The van der Waals surface area contributed by atoms with E-state index < -0.39 is 18.0 Å². The molecular formula is C27H30N2O3. The van der Waals surface area contributed by atoms with Crippen LogP contribution in [0, 0.1) is 5.92 Å². The molecule has 0 saturated heterocycles. The van der Waals surface area contributed by atoms with E-state index in [-0.39, 0.29) is 24.3 Å². The first-order valence-corrected chi connectivity index (χ1v) is 10.9. The van der Waals surface area contributed by atoms with Gasteiger partial charge in [-0.1, -0.05) is 105 Å². The number of hydrogen-bond donors (Lipinski definition) is 3. The highest BCUT2D eigenvalue weighted by molar-refractivity contribution is 5.93. The molecule has 0 unspecified atom stereocenters. The molecule has 2 atom stereocenters. The molecule has 3 aromatic rings. The van der Waals surface area contributed by atoms with Gasteiger partial charge in [-0.05, 0) is 22.6 Å². The van der Waals surface area contributed by atoms with Crippen LogP contribution in [-0.2, 0) is 9.59 Å². The lowest BCUT2D eigenvalue weighted by molar-refractivity contribution is -0.130. The lowest BCUT2D eigenvalue weighted by atomic mass is 9.90. The molecule has 3 aromatic carbocycles. The van der Waals surface area contributed by atoms with Crippen LogP contribution < -0.4 is 10.6 Å². The third-order valence-corrected chi connectivity index (χ3v) is 5.54. The van der Waals surface area contributed by atoms with Crippen molar-refractivity contribution in [2.75, 3.05) is 6.61 Å². The third kappa shape index (κ3) is 5.83. The number of carbonyl (C=O) groups excluding carboxylic acids is 2. The van der Waals surface area contributed by atoms with E-state index in [1.54, 1.807) is 0 Å². The molecule has 0 heterocycles. The first-order valence-electron chi connectivity index (χ1n) is 10.9. The zero-order valence-electron chi connectivity index (χ0n) is 18.4. The van der Waals surface area contributed by atoms with Gasteiger partial charge in [-0.2, -0.15) is 0 Å². The Morgan fingerprint density at radius 3 is 1.53 bits per heavy atom. The maximum atomic E-state index is 13.6. The summed E-state index contributed by atoms with van der Waals surface area (Å²) >= 11 is 0. The van der Waals surface area contributed by atoms with E-state index >= 15 is 0 Å². The number of rotatable bonds is 9. The topological polar surface area (TPSA) is 78.4 Å². The highest BCUT2D eigenvalue weighted by atomic mass is 16.3. The van der Waals surface area contributed by atoms with E-state index in [4.69, 9.17) is 0 Å². The van der Waals surface area contributed by atoms with Gasteiger partial charge in [0.1, 0.15) is 6.04 Å². The molecule has 0 aliphatic heterocycles. The summed E-state index contributed by atoms with van der Waals surface area (Å²) in [6.45, 7) is 3.69. The molecule has 0 saturated carbocycles. The SMILES string of the molecule is CC(C)[C@@H](CO)NC(=O)[C@@H](NC(=O)C(c1ccccc1)c1ccccc1)c1ccccc1. The summed E-state index contributed by atoms with van der Waals surface area (Å²) < 4.78 is 0. The van der Waals surface area contributed by atoms with Crippen LogP contribution in [0.2, 0.25) is 0 Å². The van der Waals surface area contributed by atoms with Crippen molar-refractivity contribution in [1.82, 2.24) is 10.6 Å². The van der Waals surface area contributed by atoms with Crippen molar-refractivity contribution >= 4 is 11.8 Å². The highest BCUT2D eigenvalue weighted by Gasteiger charge is 2.30. The Hall–Kier alpha value is -3.44. The predicted molar refractivity (Wildman–Crippen MR) is 126 cm³/mol. The standard InChI is InChI=1S/C27H30N2O3/c1-19(2)23(18-30)28-27(32)25(22-16-10-5-11-17-22)29-26(31)24(20-12-6-3-7-13-20)21-14-8-4-9-15-21/h3-17,19,23-25,30H,18H2,1-2H3,(H,28,32)(H,29,31)/t23-,25+/m1/s1. The number of nitrogens with one attached hydrogen (secondary N) is 2. The molecule has 166 valence electrons. The molecule has 32 heavy (non-hydrogen) atoms. The van der Waals surface area contributed by atoms with E-state index in [1.807, 2.05) is 105 Å². The van der Waals surface area contributed by atoms with Gasteiger partial charge in [0.2, 0.25) is 11.8 Å². The zero-order valence-corrected chi connectivity index (χ0v) is 18.4. The molecule has 0 spiro atoms. The first kappa shape index (κ1) is 23.2. The van der Waals surface area contributed by atoms with Gasteiger partial charge in [0.05, 0.1) is 18.6 Å². The van der Waals surface area contributed by atoms with Crippen LogP contribution in [0.1, 0.15) is 42.5 Å². The Morgan fingerprint density at radius 2 is 1.12 bits per heavy atom. The van der Waals surface area contributed by atoms with Crippen LogP contribution in [0.25, 0.3) is 0 Å². The number of aliphatic hydroxyl groups excluding tert-OH is 1. The van der Waals surface area contributed by atoms with Gasteiger partial charge in [-0.15, -0.1) is 0 Å². The van der Waals surface area contributed by atoms with Crippen molar-refractivity contribution in [2.24, 2.45) is 5.92 Å². The zero-order chi connectivity index (χ0) is 22.9. The summed E-state index contributed by atoms with van der Waals surface area (Å²) in [7, 11) is 0. The van der Waals surface area contributed by atoms with Crippen LogP contribution in [0.3, 0.4) is 0 Å². The number of hydrogen-bond acceptors (Lipinski definition) is 3. The second-order valence-corrected chi connectivity index (χ2v) is 8.15. The Labute approximate surface area is 189 Å². The minimum Gasteiger partial charge on any atom is -0.394 e. The van der Waals surface area contributed by atoms with Crippen LogP contribution >= 0.6 is 0 Å². The predicted octanol–water partition coefficient (Wildman–Crippen LogP) is 3.81. The molecule has 0 radical (unpaired) electrons. The third-order valence-electron chi connectivity index (χ3n) is 5.54. The summed E-state index contributed by atoms with van der Waals surface area (Å²) in [6.07, 6.45) is 0. The largest absolute Gasteiger partial charge is 0.394 e. The van der Waals surface area contributed by atoms with Crippen LogP contribution in [0.4, 0.5) is 0 Å². The molecule has 5 nitrogen and oxygen atoms in total. The monoisotopic (exact) mass is 430 g/mol. The lowest BCUT2D eigenvalue weighted by Crippen LogP contribution is -2.48. The summed E-state index contributed by atoms with van der Waals surface area (Å²) in [5.41, 5.74) is 2.37. The van der Waals surface area contributed by atoms with Crippen LogP contribution in [-0.4, -0.2) is 29.6 Å². The summed E-state index contributed by atoms with van der Waals surface area (Å²) in [5, 5.41) is 15.5. The van der Waals surface area contributed by atoms with E-state index in [0.29, 0.717) is 5.56 Å². The molecule has 0 aromatic heterocycles. The van der Waals surface area contributed by atoms with E-state index in [0.717, 1.165) is 11.1 Å². The molecule has 0 fully saturated rings. The Morgan fingerprint density at radius 1 is 0.688 bits per heavy atom. The molecule has 0 aliphatic rings. The molecule has 3 N–H and O–H groups in total. The fraction of sp³-hybridized carbons (Fsp3) is 0.259. The Kier molecular flexibility index (Phi) is 8.17. The van der Waals surface area contributed by atoms with Crippen molar-refractivity contribution in [3.63, 3.8) is 0 Å². The first-order chi connectivity index (χ1) is 15.5. The number of carbonyl (C=O) groups is 2. The van der Waals surface area contributed by atoms with Crippen molar-refractivity contribution in [1.29, 1.82) is 0 Å². The molecule has 0 aliphatic carbocycles. The van der Waals surface area contributed by atoms with E-state index in [2.05, 4.69) is 10.6 Å². The van der Waals surface area contributed by atoms with Crippen molar-refractivity contribution in [2.45, 2.75) is 31.8 Å². The van der Waals surface area contributed by atoms with E-state index in [1.165, 1.54) is 0 Å². The minimum absolute atomic E-state index is 0.0532. The molecule has 5 heteroatoms. The molecule has 2 amide bonds. The average molecular weight is 431 g/mol. The molecule has 3 rings (SSSR count). The van der Waals surface area contributed by atoms with E-state index in [9.17, 15) is 14.7 Å². The van der Waals surface area contributed by atoms with Gasteiger partial charge in [-0.25, -0.2) is 0 Å². The normalized spacial score (nSPS) is 12.9. The number of amides is 2. The average Bonchev–Trinajstić information content (AvgIpc) is 2.82. The summed E-state index contributed by atoms with van der Waals surface area (Å²) in [4.78, 5) is 26.8. The van der Waals surface area contributed by atoms with Gasteiger partial charge in [0, 0.05) is 0 Å². The fourth-order valence-electron chi connectivity index (χ4n) is 3.65. The van der Waals surface area contributed by atoms with Gasteiger partial charge in [-0.3, -0.25) is 9.59 Å². The van der Waals surface area contributed by atoms with Crippen LogP contribution in [0.5, 0.6) is 0 Å². The Bertz CT molecular complexity index is 952.